The third kappa shape index (κ3) is 3.53. The topological polar surface area (TPSA) is 96.0 Å². The maximum Gasteiger partial charge on any atom is 0.389 e. The molecule has 0 atom stereocenters. The second-order valence-corrected chi connectivity index (χ2v) is 12.1. The summed E-state index contributed by atoms with van der Waals surface area (Å²) < 4.78 is 56.2. The molecule has 11 heteroatoms. The summed E-state index contributed by atoms with van der Waals surface area (Å²) in [5, 5.41) is 0. The summed E-state index contributed by atoms with van der Waals surface area (Å²) in [6.07, 6.45) is 0. The molecule has 0 radical (unpaired) electrons. The fraction of sp³-hybridized carbons (Fsp3) is 1.00. The summed E-state index contributed by atoms with van der Waals surface area (Å²) in [6, 6.07) is 0. The van der Waals surface area contributed by atoms with Crippen molar-refractivity contribution in [2.45, 2.75) is 13.1 Å². The second-order valence-electron chi connectivity index (χ2n) is 2.52. The average molecular weight is 266 g/mol. The normalized spacial score (nSPS) is 30.6. The van der Waals surface area contributed by atoms with Crippen LogP contribution in [0.5, 0.6) is 0 Å². The van der Waals surface area contributed by atoms with Gasteiger partial charge in [-0.2, -0.15) is 16.8 Å². The molecule has 0 aromatic heterocycles. The van der Waals surface area contributed by atoms with Gasteiger partial charge in [0.15, 0.2) is 9.83 Å². The molecule has 0 bridgehead atoms. The van der Waals surface area contributed by atoms with Crippen LogP contribution in [0.3, 0.4) is 0 Å². The molecule has 1 rings (SSSR count). The maximum absolute atomic E-state index is 10.9. The van der Waals surface area contributed by atoms with Gasteiger partial charge in [0, 0.05) is 0 Å². The number of rotatable bonds is 0. The second kappa shape index (κ2) is 3.18. The van der Waals surface area contributed by atoms with Crippen molar-refractivity contribution in [3.63, 3.8) is 0 Å². The molecule has 0 spiro atoms. The van der Waals surface area contributed by atoms with Gasteiger partial charge in [0.2, 0.25) is 0 Å². The van der Waals surface area contributed by atoms with Crippen LogP contribution < -0.4 is 0 Å². The Morgan fingerprint density at radius 2 is 1.62 bits per heavy atom. The molecule has 78 valence electrons. The molecule has 0 aromatic rings. The molecule has 1 aliphatic heterocycles. The zero-order valence-corrected chi connectivity index (χ0v) is 10.0. The molecule has 1 saturated heterocycles. The van der Waals surface area contributed by atoms with Crippen LogP contribution in [0.2, 0.25) is 13.1 Å². The molecule has 0 aliphatic carbocycles. The quantitative estimate of drug-likeness (QED) is 0.340. The van der Waals surface area contributed by atoms with Crippen molar-refractivity contribution in [2.24, 2.45) is 0 Å². The molecule has 1 heterocycles. The number of hydrogen-bond donors (Lipinski definition) is 0. The van der Waals surface area contributed by atoms with E-state index >= 15 is 0 Å². The van der Waals surface area contributed by atoms with Crippen molar-refractivity contribution >= 4 is 36.7 Å². The van der Waals surface area contributed by atoms with E-state index < -0.39 is 36.7 Å². The van der Waals surface area contributed by atoms with Gasteiger partial charge < -0.3 is 0 Å². The van der Waals surface area contributed by atoms with Crippen LogP contribution in [0.25, 0.3) is 0 Å². The molecule has 0 amide bonds. The summed E-state index contributed by atoms with van der Waals surface area (Å²) in [7, 11) is -12.0. The molecule has 1 fully saturated rings. The van der Waals surface area contributed by atoms with E-state index in [0.29, 0.717) is 0 Å². The van der Waals surface area contributed by atoms with Gasteiger partial charge in [0.05, 0.1) is 0 Å². The molecule has 0 unspecified atom stereocenters. The lowest BCUT2D eigenvalue weighted by Crippen LogP contribution is -2.34. The van der Waals surface area contributed by atoms with Crippen LogP contribution in [0, 0.1) is 0 Å². The van der Waals surface area contributed by atoms with E-state index in [-0.39, 0.29) is 0 Å². The van der Waals surface area contributed by atoms with Crippen molar-refractivity contribution < 1.29 is 29.6 Å². The Kier molecular flexibility index (Phi) is 2.80. The summed E-state index contributed by atoms with van der Waals surface area (Å²) in [6.45, 7) is 2.68. The Bertz CT molecular complexity index is 391. The Labute approximate surface area is 79.6 Å². The van der Waals surface area contributed by atoms with E-state index in [1.807, 2.05) is 0 Å². The van der Waals surface area contributed by atoms with Crippen molar-refractivity contribution in [1.29, 1.82) is 0 Å². The zero-order valence-electron chi connectivity index (χ0n) is 6.58. The first-order valence-corrected chi connectivity index (χ1v) is 10.4. The standard InChI is InChI=1S/C2H6O7S3Si/c1-13(2)8-7-11(3,4)10-12(5,6)9-13/h1-2H3. The summed E-state index contributed by atoms with van der Waals surface area (Å²) >= 11 is 0. The Morgan fingerprint density at radius 3 is 2.15 bits per heavy atom. The largest absolute Gasteiger partial charge is 0.389 e. The van der Waals surface area contributed by atoms with Gasteiger partial charge in [0.25, 0.3) is 0 Å². The van der Waals surface area contributed by atoms with Crippen molar-refractivity contribution in [3.8, 4) is 0 Å². The van der Waals surface area contributed by atoms with E-state index in [9.17, 15) is 16.8 Å². The first-order chi connectivity index (χ1) is 5.62. The van der Waals surface area contributed by atoms with Crippen LogP contribution >= 0.6 is 9.83 Å². The fourth-order valence-corrected chi connectivity index (χ4v) is 9.36. The Hall–Kier alpha value is 0.347. The van der Waals surface area contributed by atoms with Gasteiger partial charge in [-0.15, -0.1) is 4.33 Å². The lowest BCUT2D eigenvalue weighted by atomic mass is 11.9. The fourth-order valence-electron chi connectivity index (χ4n) is 0.511. The highest BCUT2D eigenvalue weighted by molar-refractivity contribution is 9.02. The van der Waals surface area contributed by atoms with Gasteiger partial charge in [-0.05, 0) is 13.1 Å². The molecule has 0 N–H and O–H groups in total. The van der Waals surface area contributed by atoms with Crippen molar-refractivity contribution in [3.05, 3.63) is 0 Å². The molecular weight excluding hydrogens is 260 g/mol. The van der Waals surface area contributed by atoms with Crippen molar-refractivity contribution in [2.75, 3.05) is 0 Å². The minimum Gasteiger partial charge on any atom is -0.273 e. The molecule has 13 heavy (non-hydrogen) atoms. The number of hydrogen-bond acceptors (Lipinski definition) is 8. The summed E-state index contributed by atoms with van der Waals surface area (Å²) in [4.78, 5) is 0. The highest BCUT2D eigenvalue weighted by Gasteiger charge is 2.43. The highest BCUT2D eigenvalue weighted by atomic mass is 33.5. The van der Waals surface area contributed by atoms with E-state index in [0.717, 1.165) is 0 Å². The van der Waals surface area contributed by atoms with E-state index in [4.69, 9.17) is 0 Å². The third-order valence-corrected chi connectivity index (χ3v) is 9.16. The molecule has 0 saturated carbocycles. The van der Waals surface area contributed by atoms with Crippen molar-refractivity contribution in [1.82, 2.24) is 0 Å². The molecule has 0 aromatic carbocycles. The van der Waals surface area contributed by atoms with Crippen LogP contribution in [-0.4, -0.2) is 25.4 Å². The van der Waals surface area contributed by atoms with Crippen LogP contribution in [0.4, 0.5) is 0 Å². The highest BCUT2D eigenvalue weighted by Crippen LogP contribution is 2.31. The Balaban J connectivity index is 3.10. The average Bonchev–Trinajstić information content (AvgIpc) is 1.83. The zero-order chi connectivity index (χ0) is 10.3. The Morgan fingerprint density at radius 1 is 1.08 bits per heavy atom. The monoisotopic (exact) mass is 266 g/mol. The minimum absolute atomic E-state index is 0.421. The molecule has 1 aliphatic rings. The maximum atomic E-state index is 10.9. The predicted octanol–water partition coefficient (Wildman–Crippen LogP) is -0.111. The van der Waals surface area contributed by atoms with E-state index in [1.165, 1.54) is 13.1 Å². The molecule has 7 nitrogen and oxygen atoms in total. The van der Waals surface area contributed by atoms with Gasteiger partial charge >= 0.3 is 26.9 Å². The molecular formula is C2H6O7S3Si. The van der Waals surface area contributed by atoms with E-state index in [1.54, 1.807) is 0 Å². The smallest absolute Gasteiger partial charge is 0.273 e. The van der Waals surface area contributed by atoms with Crippen LogP contribution in [0.1, 0.15) is 0 Å². The predicted molar refractivity (Wildman–Crippen MR) is 46.2 cm³/mol. The summed E-state index contributed by atoms with van der Waals surface area (Å²) in [5.41, 5.74) is 0. The SMILES string of the molecule is C[Si]1(C)OOS(=O)(=O)SS(=O)(=O)O1. The lowest BCUT2D eigenvalue weighted by molar-refractivity contribution is -0.114. The first kappa shape index (κ1) is 11.4. The third-order valence-electron chi connectivity index (χ3n) is 0.787. The van der Waals surface area contributed by atoms with Gasteiger partial charge in [-0.3, -0.25) is 3.87 Å². The van der Waals surface area contributed by atoms with Gasteiger partial charge in [-0.1, -0.05) is 0 Å². The lowest BCUT2D eigenvalue weighted by Gasteiger charge is -2.13. The minimum atomic E-state index is -4.28. The first-order valence-electron chi connectivity index (χ1n) is 2.91. The van der Waals surface area contributed by atoms with E-state index in [2.05, 4.69) is 12.8 Å². The van der Waals surface area contributed by atoms with Crippen LogP contribution in [0.15, 0.2) is 0 Å². The van der Waals surface area contributed by atoms with Crippen LogP contribution in [-0.2, 0) is 31.1 Å². The van der Waals surface area contributed by atoms with Gasteiger partial charge in [-0.25, -0.2) is 4.58 Å². The summed E-state index contributed by atoms with van der Waals surface area (Å²) in [5.74, 6) is 0. The van der Waals surface area contributed by atoms with Gasteiger partial charge in [0.1, 0.15) is 0 Å².